The van der Waals surface area contributed by atoms with E-state index in [0.717, 1.165) is 5.57 Å². The molecule has 4 aliphatic carbocycles. The Labute approximate surface area is 393 Å². The summed E-state index contributed by atoms with van der Waals surface area (Å²) in [5.41, 5.74) is -2.41. The molecule has 4 saturated carbocycles. The smallest absolute Gasteiger partial charge is 0.187 e. The molecular weight excluding hydrogens is 881 g/mol. The molecule has 7 fully saturated rings. The molecule has 0 unspecified atom stereocenters. The number of ether oxygens (including phenoxy) is 6. The third-order valence-corrected chi connectivity index (χ3v) is 18.7. The molecule has 19 heteroatoms. The molecule has 3 saturated heterocycles. The van der Waals surface area contributed by atoms with E-state index >= 15 is 0 Å². The molecule has 0 radical (unpaired) electrons. The molecule has 13 N–H and O–H groups in total. The first kappa shape index (κ1) is 53.8. The minimum atomic E-state index is -1.83. The van der Waals surface area contributed by atoms with Crippen LogP contribution in [0.15, 0.2) is 11.6 Å². The topological polar surface area (TPSA) is 318 Å². The van der Waals surface area contributed by atoms with Crippen molar-refractivity contribution in [3.63, 3.8) is 0 Å². The molecule has 26 atom stereocenters. The maximum Gasteiger partial charge on any atom is 0.187 e. The zero-order valence-electron chi connectivity index (χ0n) is 40.3. The van der Waals surface area contributed by atoms with Crippen molar-refractivity contribution in [2.45, 2.75) is 223 Å². The lowest BCUT2D eigenvalue weighted by atomic mass is 9.34. The van der Waals surface area contributed by atoms with Crippen molar-refractivity contribution in [3.05, 3.63) is 11.6 Å². The highest BCUT2D eigenvalue weighted by Gasteiger charge is 2.74. The van der Waals surface area contributed by atoms with Gasteiger partial charge >= 0.3 is 0 Å². The van der Waals surface area contributed by atoms with E-state index in [1.165, 1.54) is 0 Å². The Bertz CT molecular complexity index is 1710. The van der Waals surface area contributed by atoms with Crippen LogP contribution in [0.25, 0.3) is 0 Å². The van der Waals surface area contributed by atoms with Crippen molar-refractivity contribution in [1.82, 2.24) is 0 Å². The zero-order valence-corrected chi connectivity index (χ0v) is 40.3. The van der Waals surface area contributed by atoms with Gasteiger partial charge in [-0.05, 0) is 117 Å². The van der Waals surface area contributed by atoms with E-state index in [9.17, 15) is 66.4 Å². The summed E-state index contributed by atoms with van der Waals surface area (Å²) >= 11 is 0. The molecule has 19 nitrogen and oxygen atoms in total. The molecule has 0 spiro atoms. The molecule has 0 aromatic heterocycles. The van der Waals surface area contributed by atoms with Gasteiger partial charge in [0.1, 0.15) is 73.2 Å². The SMILES string of the molecule is CC(C)=CCC[C@](C)(O[C@@H]1O[C@H](CO)[C@@H](O)[C@H](O)[C@H]1O)[C@H]1CC[C@]2(C)[C@@H]1[C@H](O)C[C@@H]1[C@@]3(C)CC[C@H](O)C(C)(C)[C@@H]3[C@@H](O[C@H]3O[C@H](CO)[C@@H](O[C@H]4O[C@H](CO)[C@@H](O)[C@H](O)[C@H]4O)[C@H](O)[C@H]3O)C[C@]12C. The summed E-state index contributed by atoms with van der Waals surface area (Å²) in [6.45, 7) is 14.5. The molecule has 0 aromatic carbocycles. The quantitative estimate of drug-likeness (QED) is 0.0773. The Morgan fingerprint density at radius 2 is 1.18 bits per heavy atom. The predicted molar refractivity (Wildman–Crippen MR) is 235 cm³/mol. The van der Waals surface area contributed by atoms with Crippen LogP contribution in [0.1, 0.15) is 107 Å². The second kappa shape index (κ2) is 19.8. The van der Waals surface area contributed by atoms with Crippen molar-refractivity contribution in [1.29, 1.82) is 0 Å². The molecule has 67 heavy (non-hydrogen) atoms. The van der Waals surface area contributed by atoms with Crippen LogP contribution in [0.2, 0.25) is 0 Å². The number of allylic oxidation sites excluding steroid dienone is 2. The Balaban J connectivity index is 1.21. The molecule has 3 heterocycles. The van der Waals surface area contributed by atoms with Crippen molar-refractivity contribution in [2.24, 2.45) is 45.3 Å². The van der Waals surface area contributed by atoms with Crippen LogP contribution >= 0.6 is 0 Å². The summed E-state index contributed by atoms with van der Waals surface area (Å²) in [5.74, 6) is -1.11. The first-order valence-electron chi connectivity index (χ1n) is 24.5. The van der Waals surface area contributed by atoms with Crippen LogP contribution in [-0.2, 0) is 28.4 Å². The number of fused-ring (bicyclic) bond motifs is 5. The van der Waals surface area contributed by atoms with Gasteiger partial charge in [0.05, 0.1) is 43.7 Å². The van der Waals surface area contributed by atoms with Crippen molar-refractivity contribution < 1.29 is 94.8 Å². The minimum Gasteiger partial charge on any atom is -0.394 e. The highest BCUT2D eigenvalue weighted by molar-refractivity contribution is 5.22. The van der Waals surface area contributed by atoms with Gasteiger partial charge in [-0.2, -0.15) is 0 Å². The van der Waals surface area contributed by atoms with Crippen molar-refractivity contribution in [3.8, 4) is 0 Å². The molecule has 0 amide bonds. The summed E-state index contributed by atoms with van der Waals surface area (Å²) in [6.07, 6.45) is -19.6. The summed E-state index contributed by atoms with van der Waals surface area (Å²) in [4.78, 5) is 0. The number of hydrogen-bond acceptors (Lipinski definition) is 19. The largest absolute Gasteiger partial charge is 0.394 e. The Morgan fingerprint density at radius 3 is 1.76 bits per heavy atom. The Hall–Kier alpha value is -1.02. The second-order valence-electron chi connectivity index (χ2n) is 23.1. The van der Waals surface area contributed by atoms with Crippen LogP contribution in [0, 0.1) is 45.3 Å². The van der Waals surface area contributed by atoms with E-state index in [4.69, 9.17) is 28.4 Å². The first-order chi connectivity index (χ1) is 31.3. The maximum absolute atomic E-state index is 12.7. The number of aliphatic hydroxyl groups excluding tert-OH is 13. The standard InChI is InChI=1S/C48H82O19/c1-21(2)10-9-13-48(8,67-43-37(60)34(57)32(55)26(19-50)64-43)22-11-15-46(6)30(22)23(52)16-28-45(5)14-12-29(53)44(3,4)40(45)24(17-47(28,46)7)62-41-38(61)35(58)39(27(20-51)65-41)66-42-36(59)33(56)31(54)25(18-49)63-42/h10,22-43,49-61H,9,11-20H2,1-8H3/t22-,23+,24-,25+,26+,27+,28+,29-,30-,31+,32+,33-,34-,35+,36+,37+,38+,39+,40-,41-,42+,43-,45+,46+,47+,48-/m0/s1. The fraction of sp³-hybridized carbons (Fsp3) is 0.958. The molecule has 7 rings (SSSR count). The summed E-state index contributed by atoms with van der Waals surface area (Å²) in [6, 6.07) is 0. The lowest BCUT2D eigenvalue weighted by molar-refractivity contribution is -0.374. The molecular formula is C48H82O19. The lowest BCUT2D eigenvalue weighted by Gasteiger charge is -2.72. The van der Waals surface area contributed by atoms with Crippen molar-refractivity contribution >= 4 is 0 Å². The Morgan fingerprint density at radius 1 is 0.642 bits per heavy atom. The summed E-state index contributed by atoms with van der Waals surface area (Å²) in [5, 5.41) is 142. The highest BCUT2D eigenvalue weighted by atomic mass is 16.7. The fourth-order valence-electron chi connectivity index (χ4n) is 14.9. The van der Waals surface area contributed by atoms with Crippen molar-refractivity contribution in [2.75, 3.05) is 19.8 Å². The molecule has 0 aromatic rings. The van der Waals surface area contributed by atoms with E-state index in [2.05, 4.69) is 26.8 Å². The van der Waals surface area contributed by atoms with E-state index < -0.39 is 158 Å². The van der Waals surface area contributed by atoms with E-state index in [-0.39, 0.29) is 23.7 Å². The van der Waals surface area contributed by atoms with E-state index in [1.807, 2.05) is 34.6 Å². The van der Waals surface area contributed by atoms with Crippen LogP contribution in [0.5, 0.6) is 0 Å². The molecule has 388 valence electrons. The molecule has 7 aliphatic rings. The van der Waals surface area contributed by atoms with Gasteiger partial charge < -0.3 is 94.8 Å². The highest BCUT2D eigenvalue weighted by Crippen LogP contribution is 2.76. The number of aliphatic hydroxyl groups is 13. The van der Waals surface area contributed by atoms with E-state index in [0.29, 0.717) is 51.4 Å². The monoisotopic (exact) mass is 963 g/mol. The van der Waals surface area contributed by atoms with Crippen LogP contribution in [-0.4, -0.2) is 202 Å². The average molecular weight is 963 g/mol. The van der Waals surface area contributed by atoms with Gasteiger partial charge in [-0.3, -0.25) is 0 Å². The lowest BCUT2D eigenvalue weighted by Crippen LogP contribution is -2.71. The second-order valence-corrected chi connectivity index (χ2v) is 23.1. The summed E-state index contributed by atoms with van der Waals surface area (Å²) < 4.78 is 37.3. The van der Waals surface area contributed by atoms with E-state index in [1.54, 1.807) is 0 Å². The third-order valence-electron chi connectivity index (χ3n) is 18.7. The molecule has 3 aliphatic heterocycles. The van der Waals surface area contributed by atoms with Gasteiger partial charge in [0.15, 0.2) is 18.9 Å². The number of hydrogen-bond donors (Lipinski definition) is 13. The predicted octanol–water partition coefficient (Wildman–Crippen LogP) is -1.06. The van der Waals surface area contributed by atoms with Gasteiger partial charge in [-0.25, -0.2) is 0 Å². The maximum atomic E-state index is 12.7. The van der Waals surface area contributed by atoms with Crippen LogP contribution < -0.4 is 0 Å². The zero-order chi connectivity index (χ0) is 49.5. The number of rotatable bonds is 13. The van der Waals surface area contributed by atoms with Gasteiger partial charge in [0.25, 0.3) is 0 Å². The average Bonchev–Trinajstić information content (AvgIpc) is 3.66. The van der Waals surface area contributed by atoms with Gasteiger partial charge in [-0.1, -0.05) is 46.3 Å². The normalized spacial score (nSPS) is 52.9. The molecule has 0 bridgehead atoms. The first-order valence-corrected chi connectivity index (χ1v) is 24.5. The van der Waals surface area contributed by atoms with Gasteiger partial charge in [0.2, 0.25) is 0 Å². The van der Waals surface area contributed by atoms with Gasteiger partial charge in [0, 0.05) is 0 Å². The van der Waals surface area contributed by atoms with Crippen LogP contribution in [0.3, 0.4) is 0 Å². The Kier molecular flexibility index (Phi) is 15.9. The minimum absolute atomic E-state index is 0.0841. The summed E-state index contributed by atoms with van der Waals surface area (Å²) in [7, 11) is 0. The van der Waals surface area contributed by atoms with Gasteiger partial charge in [-0.15, -0.1) is 0 Å². The fourth-order valence-corrected chi connectivity index (χ4v) is 14.9. The van der Waals surface area contributed by atoms with Crippen LogP contribution in [0.4, 0.5) is 0 Å². The third kappa shape index (κ3) is 9.03.